The van der Waals surface area contributed by atoms with Gasteiger partial charge in [0.2, 0.25) is 5.88 Å². The first kappa shape index (κ1) is 34.3. The number of esters is 1. The molecule has 244 valence electrons. The van der Waals surface area contributed by atoms with E-state index in [1.54, 1.807) is 6.92 Å². The highest BCUT2D eigenvalue weighted by Gasteiger charge is 2.34. The van der Waals surface area contributed by atoms with E-state index in [0.717, 1.165) is 34.0 Å². The Morgan fingerprint density at radius 1 is 0.936 bits per heavy atom. The monoisotopic (exact) mass is 684 g/mol. The van der Waals surface area contributed by atoms with Crippen LogP contribution in [0.2, 0.25) is 0 Å². The van der Waals surface area contributed by atoms with Crippen molar-refractivity contribution >= 4 is 49.5 Å². The van der Waals surface area contributed by atoms with E-state index in [9.17, 15) is 45.7 Å². The lowest BCUT2D eigenvalue weighted by Gasteiger charge is -2.19. The minimum absolute atomic E-state index is 0.000567. The number of benzene rings is 2. The molecule has 0 bridgehead atoms. The molecule has 0 fully saturated rings. The van der Waals surface area contributed by atoms with Crippen molar-refractivity contribution in [2.75, 3.05) is 11.6 Å². The Morgan fingerprint density at radius 2 is 1.51 bits per heavy atom. The Bertz CT molecular complexity index is 2120. The van der Waals surface area contributed by atoms with Gasteiger partial charge < -0.3 is 20.1 Å². The first-order chi connectivity index (χ1) is 22.2. The van der Waals surface area contributed by atoms with Gasteiger partial charge in [0.1, 0.15) is 11.8 Å². The zero-order valence-corrected chi connectivity index (χ0v) is 25.6. The van der Waals surface area contributed by atoms with Crippen LogP contribution in [0, 0.1) is 12.0 Å². The van der Waals surface area contributed by atoms with Gasteiger partial charge >= 0.3 is 5.97 Å². The Kier molecular flexibility index (Phi) is 10.1. The van der Waals surface area contributed by atoms with E-state index in [1.807, 2.05) is 5.92 Å². The lowest BCUT2D eigenvalue weighted by Crippen LogP contribution is -2.28. The summed E-state index contributed by atoms with van der Waals surface area (Å²) in [5.41, 5.74) is -0.458. The van der Waals surface area contributed by atoms with Crippen molar-refractivity contribution in [1.29, 1.82) is 0 Å². The standard InChI is InChI=1S/C29H24N4O12S2/c1-2-45-29(38)26-23(28(37)33(31-26)19-10-14-21(15-11-19)47(42,43)44)7-5-3-4-6-22-25(24(35)16-17-34)30-32(27(22)36)18-8-12-20(13-9-18)46(39,40)41/h3-15,27,34,36-37H,2H2,1H3,(H,39,40,41)(H,42,43,44). The zero-order valence-electron chi connectivity index (χ0n) is 24.0. The highest BCUT2D eigenvalue weighted by atomic mass is 32.2. The van der Waals surface area contributed by atoms with Gasteiger partial charge in [-0.2, -0.15) is 31.7 Å². The van der Waals surface area contributed by atoms with Crippen LogP contribution >= 0.6 is 0 Å². The Morgan fingerprint density at radius 3 is 2.04 bits per heavy atom. The molecular weight excluding hydrogens is 660 g/mol. The average Bonchev–Trinajstić information content (AvgIpc) is 3.52. The summed E-state index contributed by atoms with van der Waals surface area (Å²) in [6.07, 6.45) is 6.64. The van der Waals surface area contributed by atoms with Gasteiger partial charge in [0.25, 0.3) is 26.0 Å². The minimum Gasteiger partial charge on any atom is -0.493 e. The molecule has 0 aliphatic carbocycles. The SMILES string of the molecule is CCOC(=O)c1nn(-c2ccc(S(=O)(=O)O)cc2)c(O)c1C=CC=CC=C1C(C(=O)C#CO)=NN(c2ccc(S(=O)(=O)O)cc2)C1O. The molecule has 0 saturated heterocycles. The largest absolute Gasteiger partial charge is 0.493 e. The van der Waals surface area contributed by atoms with Crippen LogP contribution in [0.3, 0.4) is 0 Å². The number of Topliss-reactive ketones (excluding diaryl/α,β-unsaturated/α-hetero) is 1. The lowest BCUT2D eigenvalue weighted by atomic mass is 10.1. The van der Waals surface area contributed by atoms with Crippen LogP contribution in [-0.4, -0.2) is 81.3 Å². The van der Waals surface area contributed by atoms with Gasteiger partial charge in [-0.25, -0.2) is 9.80 Å². The normalized spacial score (nSPS) is 16.0. The van der Waals surface area contributed by atoms with Gasteiger partial charge in [0, 0.05) is 11.5 Å². The number of anilines is 1. The number of aromatic nitrogens is 2. The van der Waals surface area contributed by atoms with E-state index >= 15 is 0 Å². The molecule has 0 spiro atoms. The predicted octanol–water partition coefficient (Wildman–Crippen LogP) is 1.84. The fourth-order valence-electron chi connectivity index (χ4n) is 4.13. The average molecular weight is 685 g/mol. The molecular formula is C29H24N4O12S2. The van der Waals surface area contributed by atoms with Crippen LogP contribution in [0.1, 0.15) is 23.0 Å². The number of ether oxygens (including phenoxy) is 1. The second kappa shape index (κ2) is 13.8. The molecule has 5 N–H and O–H groups in total. The van der Waals surface area contributed by atoms with Crippen molar-refractivity contribution < 1.29 is 55.6 Å². The highest BCUT2D eigenvalue weighted by Crippen LogP contribution is 2.29. The number of aliphatic hydroxyl groups is 2. The quantitative estimate of drug-likeness (QED) is 0.0885. The zero-order chi connectivity index (χ0) is 34.5. The van der Waals surface area contributed by atoms with E-state index < -0.39 is 53.9 Å². The van der Waals surface area contributed by atoms with E-state index in [0.29, 0.717) is 0 Å². The Labute approximate surface area is 267 Å². The number of allylic oxidation sites excluding steroid dienone is 4. The number of aromatic hydroxyl groups is 1. The van der Waals surface area contributed by atoms with Gasteiger partial charge in [0.05, 0.1) is 33.3 Å². The molecule has 1 aliphatic heterocycles. The molecule has 16 nitrogen and oxygen atoms in total. The molecule has 1 aliphatic rings. The number of ketones is 1. The summed E-state index contributed by atoms with van der Waals surface area (Å²) in [5, 5.41) is 39.8. The van der Waals surface area contributed by atoms with Gasteiger partial charge in [-0.05, 0) is 61.5 Å². The third-order valence-corrected chi connectivity index (χ3v) is 8.02. The summed E-state index contributed by atoms with van der Waals surface area (Å²) in [7, 11) is -8.97. The fourth-order valence-corrected chi connectivity index (χ4v) is 5.09. The number of carbonyl (C=O) groups excluding carboxylic acids is 2. The maximum atomic E-state index is 12.6. The second-order valence-electron chi connectivity index (χ2n) is 9.25. The molecule has 2 heterocycles. The van der Waals surface area contributed by atoms with E-state index in [1.165, 1.54) is 60.8 Å². The molecule has 3 aromatic rings. The van der Waals surface area contributed by atoms with Crippen LogP contribution in [0.4, 0.5) is 5.69 Å². The van der Waals surface area contributed by atoms with E-state index in [-0.39, 0.29) is 40.5 Å². The van der Waals surface area contributed by atoms with Gasteiger partial charge in [0.15, 0.2) is 11.9 Å². The first-order valence-corrected chi connectivity index (χ1v) is 16.0. The molecule has 47 heavy (non-hydrogen) atoms. The maximum absolute atomic E-state index is 12.6. The highest BCUT2D eigenvalue weighted by molar-refractivity contribution is 7.86. The van der Waals surface area contributed by atoms with Gasteiger partial charge in [-0.1, -0.05) is 24.3 Å². The molecule has 1 unspecified atom stereocenters. The number of hydrogen-bond donors (Lipinski definition) is 5. The van der Waals surface area contributed by atoms with Crippen molar-refractivity contribution in [1.82, 2.24) is 9.78 Å². The fraction of sp³-hybridized carbons (Fsp3) is 0.103. The summed E-state index contributed by atoms with van der Waals surface area (Å²) in [6, 6.07) is 9.21. The Balaban J connectivity index is 1.65. The first-order valence-electron chi connectivity index (χ1n) is 13.1. The van der Waals surface area contributed by atoms with Crippen molar-refractivity contribution in [3.05, 3.63) is 89.7 Å². The number of hydrazone groups is 1. The third kappa shape index (κ3) is 7.63. The molecule has 0 radical (unpaired) electrons. The maximum Gasteiger partial charge on any atom is 0.359 e. The van der Waals surface area contributed by atoms with Crippen LogP contribution in [0.25, 0.3) is 11.8 Å². The lowest BCUT2D eigenvalue weighted by molar-refractivity contribution is -0.108. The van der Waals surface area contributed by atoms with Crippen LogP contribution in [-0.2, 0) is 29.8 Å². The summed E-state index contributed by atoms with van der Waals surface area (Å²) in [4.78, 5) is 24.3. The Hall–Kier alpha value is -5.58. The van der Waals surface area contributed by atoms with Crippen molar-refractivity contribution in [2.45, 2.75) is 22.9 Å². The van der Waals surface area contributed by atoms with Crippen molar-refractivity contribution in [3.63, 3.8) is 0 Å². The number of carbonyl (C=O) groups is 2. The summed E-state index contributed by atoms with van der Waals surface area (Å²) < 4.78 is 69.8. The smallest absolute Gasteiger partial charge is 0.359 e. The van der Waals surface area contributed by atoms with Crippen LogP contribution in [0.5, 0.6) is 5.88 Å². The minimum atomic E-state index is -4.49. The number of rotatable bonds is 10. The second-order valence-corrected chi connectivity index (χ2v) is 12.1. The van der Waals surface area contributed by atoms with Crippen LogP contribution < -0.4 is 5.01 Å². The number of hydrogen-bond acceptors (Lipinski definition) is 13. The summed E-state index contributed by atoms with van der Waals surface area (Å²) in [5.74, 6) is -0.423. The molecule has 0 saturated carbocycles. The van der Waals surface area contributed by atoms with E-state index in [2.05, 4.69) is 10.2 Å². The molecule has 1 atom stereocenters. The molecule has 18 heteroatoms. The van der Waals surface area contributed by atoms with E-state index in [4.69, 9.17) is 9.84 Å². The van der Waals surface area contributed by atoms with Gasteiger partial charge in [-0.3, -0.25) is 13.9 Å². The third-order valence-electron chi connectivity index (χ3n) is 6.28. The predicted molar refractivity (Wildman–Crippen MR) is 164 cm³/mol. The van der Waals surface area contributed by atoms with Crippen LogP contribution in [0.15, 0.2) is 93.3 Å². The molecule has 0 amide bonds. The van der Waals surface area contributed by atoms with Crippen molar-refractivity contribution in [2.24, 2.45) is 5.10 Å². The summed E-state index contributed by atoms with van der Waals surface area (Å²) in [6.45, 7) is 1.57. The van der Waals surface area contributed by atoms with Crippen molar-refractivity contribution in [3.8, 4) is 23.6 Å². The number of nitrogens with zero attached hydrogens (tertiary/aromatic N) is 4. The van der Waals surface area contributed by atoms with Gasteiger partial charge in [-0.15, -0.1) is 0 Å². The molecule has 2 aromatic carbocycles. The summed E-state index contributed by atoms with van der Waals surface area (Å²) >= 11 is 0. The molecule has 4 rings (SSSR count). The number of aliphatic hydroxyl groups excluding tert-OH is 2. The molecule has 1 aromatic heterocycles. The topological polar surface area (TPSA) is 246 Å².